The van der Waals surface area contributed by atoms with Crippen molar-refractivity contribution in [2.24, 2.45) is 4.40 Å². The van der Waals surface area contributed by atoms with Crippen molar-refractivity contribution in [1.29, 1.82) is 0 Å². The van der Waals surface area contributed by atoms with Gasteiger partial charge in [-0.2, -0.15) is 0 Å². The highest BCUT2D eigenvalue weighted by Crippen LogP contribution is 2.28. The normalized spacial score (nSPS) is 14.6. The number of benzene rings is 1. The Kier molecular flexibility index (Phi) is 2.02. The Labute approximate surface area is 79.0 Å². The highest BCUT2D eigenvalue weighted by Gasteiger charge is 2.22. The zero-order valence-corrected chi connectivity index (χ0v) is 7.45. The zero-order chi connectivity index (χ0) is 9.26. The predicted octanol–water partition coefficient (Wildman–Crippen LogP) is 1.92. The molecule has 4 nitrogen and oxygen atoms in total. The van der Waals surface area contributed by atoms with Crippen molar-refractivity contribution < 1.29 is 4.92 Å². The van der Waals surface area contributed by atoms with Crippen LogP contribution in [-0.4, -0.2) is 10.8 Å². The third-order valence-electron chi connectivity index (χ3n) is 1.78. The van der Waals surface area contributed by atoms with E-state index in [1.807, 2.05) is 24.3 Å². The second-order valence-corrected chi connectivity index (χ2v) is 3.45. The molecule has 0 radical (unpaired) electrons. The van der Waals surface area contributed by atoms with Gasteiger partial charge in [-0.1, -0.05) is 18.2 Å². The summed E-state index contributed by atoms with van der Waals surface area (Å²) in [4.78, 5) is 11.0. The molecule has 2 rings (SSSR count). The zero-order valence-electron chi connectivity index (χ0n) is 6.64. The molecule has 1 aliphatic heterocycles. The molecule has 0 fully saturated rings. The van der Waals surface area contributed by atoms with Gasteiger partial charge in [-0.25, -0.2) is 0 Å². The van der Waals surface area contributed by atoms with Crippen molar-refractivity contribution in [3.8, 4) is 0 Å². The van der Waals surface area contributed by atoms with Gasteiger partial charge in [0.25, 0.3) is 0 Å². The molecule has 0 bridgehead atoms. The quantitative estimate of drug-likeness (QED) is 0.360. The summed E-state index contributed by atoms with van der Waals surface area (Å²) in [5.41, 5.74) is 0.981. The van der Waals surface area contributed by atoms with Gasteiger partial charge in [-0.3, -0.25) is 0 Å². The highest BCUT2D eigenvalue weighted by atomic mass is 32.2. The lowest BCUT2D eigenvalue weighted by Gasteiger charge is -2.06. The molecule has 0 saturated heterocycles. The fraction of sp³-hybridized carbons (Fsp3) is 0.125. The van der Waals surface area contributed by atoms with E-state index in [1.54, 1.807) is 0 Å². The van der Waals surface area contributed by atoms with Crippen LogP contribution in [0.15, 0.2) is 33.6 Å². The molecule has 0 atom stereocenters. The van der Waals surface area contributed by atoms with E-state index in [0.717, 1.165) is 10.5 Å². The molecule has 5 heteroatoms. The molecule has 0 saturated carbocycles. The Morgan fingerprint density at radius 3 is 3.00 bits per heavy atom. The van der Waals surface area contributed by atoms with Crippen molar-refractivity contribution >= 4 is 17.8 Å². The Bertz CT molecular complexity index is 389. The average molecular weight is 194 g/mol. The summed E-state index contributed by atoms with van der Waals surface area (Å²) in [6, 6.07) is 7.58. The smallest absolute Gasteiger partial charge is 0.352 e. The van der Waals surface area contributed by atoms with E-state index in [2.05, 4.69) is 4.40 Å². The summed E-state index contributed by atoms with van der Waals surface area (Å²) in [6.07, 6.45) is 0.330. The molecule has 0 unspecified atom stereocenters. The second-order valence-electron chi connectivity index (χ2n) is 2.64. The first kappa shape index (κ1) is 8.25. The monoisotopic (exact) mass is 194 g/mol. The van der Waals surface area contributed by atoms with Crippen LogP contribution in [0, 0.1) is 10.1 Å². The Hall–Kier alpha value is -1.36. The summed E-state index contributed by atoms with van der Waals surface area (Å²) in [5, 5.41) is 10.4. The van der Waals surface area contributed by atoms with E-state index >= 15 is 0 Å². The maximum absolute atomic E-state index is 10.4. The first-order chi connectivity index (χ1) is 6.27. The maximum atomic E-state index is 10.4. The molecular formula is C8H6N2O2S. The summed E-state index contributed by atoms with van der Waals surface area (Å²) >= 11 is 1.17. The van der Waals surface area contributed by atoms with Crippen LogP contribution in [0.5, 0.6) is 0 Å². The van der Waals surface area contributed by atoms with Gasteiger partial charge in [0.15, 0.2) is 0 Å². The number of nitrogens with zero attached hydrogens (tertiary/aromatic N) is 2. The van der Waals surface area contributed by atoms with E-state index < -0.39 is 4.92 Å². The van der Waals surface area contributed by atoms with Gasteiger partial charge < -0.3 is 10.1 Å². The Balaban J connectivity index is 2.33. The molecule has 1 aromatic carbocycles. The van der Waals surface area contributed by atoms with Crippen LogP contribution in [0.1, 0.15) is 5.56 Å². The van der Waals surface area contributed by atoms with E-state index in [1.165, 1.54) is 11.9 Å². The number of nitro groups is 1. The lowest BCUT2D eigenvalue weighted by atomic mass is 10.1. The second kappa shape index (κ2) is 3.18. The Morgan fingerprint density at radius 2 is 2.23 bits per heavy atom. The summed E-state index contributed by atoms with van der Waals surface area (Å²) in [7, 11) is 0. The first-order valence-electron chi connectivity index (χ1n) is 3.73. The van der Waals surface area contributed by atoms with Crippen LogP contribution in [0.25, 0.3) is 0 Å². The maximum Gasteiger partial charge on any atom is 0.352 e. The van der Waals surface area contributed by atoms with Gasteiger partial charge in [0.05, 0.1) is 11.3 Å². The molecule has 0 N–H and O–H groups in total. The van der Waals surface area contributed by atoms with Crippen molar-refractivity contribution in [2.75, 3.05) is 0 Å². The van der Waals surface area contributed by atoms with Gasteiger partial charge in [0.2, 0.25) is 0 Å². The van der Waals surface area contributed by atoms with Crippen molar-refractivity contribution in [3.05, 3.63) is 39.9 Å². The van der Waals surface area contributed by atoms with Crippen LogP contribution in [0.2, 0.25) is 0 Å². The molecule has 0 spiro atoms. The molecule has 0 aliphatic carbocycles. The number of hydrogen-bond acceptors (Lipinski definition) is 4. The van der Waals surface area contributed by atoms with Crippen LogP contribution >= 0.6 is 11.9 Å². The first-order valence-corrected chi connectivity index (χ1v) is 4.51. The minimum Gasteiger partial charge on any atom is -0.358 e. The van der Waals surface area contributed by atoms with Crippen LogP contribution in [0.3, 0.4) is 0 Å². The van der Waals surface area contributed by atoms with Gasteiger partial charge in [-0.15, -0.1) is 0 Å². The third kappa shape index (κ3) is 1.55. The minimum atomic E-state index is -0.428. The van der Waals surface area contributed by atoms with E-state index in [0.29, 0.717) is 6.42 Å². The van der Waals surface area contributed by atoms with Crippen LogP contribution in [0.4, 0.5) is 0 Å². The van der Waals surface area contributed by atoms with E-state index in [4.69, 9.17) is 0 Å². The summed E-state index contributed by atoms with van der Waals surface area (Å²) < 4.78 is 3.80. The lowest BCUT2D eigenvalue weighted by molar-refractivity contribution is -0.352. The predicted molar refractivity (Wildman–Crippen MR) is 50.4 cm³/mol. The molecule has 66 valence electrons. The number of hydrogen-bond donors (Lipinski definition) is 0. The molecule has 1 aliphatic rings. The van der Waals surface area contributed by atoms with Crippen LogP contribution < -0.4 is 0 Å². The fourth-order valence-electron chi connectivity index (χ4n) is 1.14. The van der Waals surface area contributed by atoms with Gasteiger partial charge in [-0.05, 0) is 16.6 Å². The summed E-state index contributed by atoms with van der Waals surface area (Å²) in [6.45, 7) is 0. The SMILES string of the molecule is O=[N+]([O-])C1=NSc2ccccc2C1. The minimum absolute atomic E-state index is 0.0312. The van der Waals surface area contributed by atoms with Crippen LogP contribution in [-0.2, 0) is 6.42 Å². The molecule has 0 amide bonds. The largest absolute Gasteiger partial charge is 0.358 e. The fourth-order valence-corrected chi connectivity index (χ4v) is 1.87. The Morgan fingerprint density at radius 1 is 1.46 bits per heavy atom. The molecule has 13 heavy (non-hydrogen) atoms. The van der Waals surface area contributed by atoms with E-state index in [9.17, 15) is 10.1 Å². The van der Waals surface area contributed by atoms with Gasteiger partial charge in [0, 0.05) is 4.40 Å². The van der Waals surface area contributed by atoms with Crippen molar-refractivity contribution in [3.63, 3.8) is 0 Å². The lowest BCUT2D eigenvalue weighted by Crippen LogP contribution is -2.16. The standard InChI is InChI=1S/C8H6N2O2S/c11-10(12)8-5-6-3-1-2-4-7(6)13-9-8/h1-4H,5H2. The summed E-state index contributed by atoms with van der Waals surface area (Å²) in [5.74, 6) is 0.0312. The van der Waals surface area contributed by atoms with E-state index in [-0.39, 0.29) is 5.84 Å². The number of amidine groups is 1. The third-order valence-corrected chi connectivity index (χ3v) is 2.68. The van der Waals surface area contributed by atoms with Gasteiger partial charge >= 0.3 is 5.84 Å². The highest BCUT2D eigenvalue weighted by molar-refractivity contribution is 7.98. The molecule has 0 aromatic heterocycles. The van der Waals surface area contributed by atoms with Gasteiger partial charge in [0.1, 0.15) is 11.9 Å². The topological polar surface area (TPSA) is 55.5 Å². The molecular weight excluding hydrogens is 188 g/mol. The molecule has 1 aromatic rings. The molecule has 1 heterocycles. The van der Waals surface area contributed by atoms with Crippen molar-refractivity contribution in [1.82, 2.24) is 0 Å². The average Bonchev–Trinajstić information content (AvgIpc) is 2.17. The number of rotatable bonds is 0. The number of fused-ring (bicyclic) bond motifs is 1. The van der Waals surface area contributed by atoms with Crippen molar-refractivity contribution in [2.45, 2.75) is 11.3 Å².